The van der Waals surface area contributed by atoms with E-state index in [1.165, 1.54) is 0 Å². The summed E-state index contributed by atoms with van der Waals surface area (Å²) in [6, 6.07) is 0. The second kappa shape index (κ2) is 4.51. The Kier molecular flexibility index (Phi) is 3.25. The Bertz CT molecular complexity index is 353. The molecule has 0 aromatic carbocycles. The second-order valence-corrected chi connectivity index (χ2v) is 4.49. The van der Waals surface area contributed by atoms with Crippen LogP contribution in [0, 0.1) is 0 Å². The highest BCUT2D eigenvalue weighted by Crippen LogP contribution is 2.27. The molecule has 5 heteroatoms. The SMILES string of the molecule is CCc1noc(C[C@]2(O)CCO[C@@H](C)C2)n1. The van der Waals surface area contributed by atoms with Crippen LogP contribution in [0.4, 0.5) is 0 Å². The lowest BCUT2D eigenvalue weighted by Gasteiger charge is -2.34. The van der Waals surface area contributed by atoms with Gasteiger partial charge in [0.1, 0.15) is 0 Å². The van der Waals surface area contributed by atoms with Crippen LogP contribution in [0.3, 0.4) is 0 Å². The number of nitrogens with zero attached hydrogens (tertiary/aromatic N) is 2. The Hall–Kier alpha value is -0.940. The Balaban J connectivity index is 2.02. The van der Waals surface area contributed by atoms with Gasteiger partial charge in [-0.15, -0.1) is 0 Å². The summed E-state index contributed by atoms with van der Waals surface area (Å²) in [5, 5.41) is 14.2. The Morgan fingerprint density at radius 1 is 1.56 bits per heavy atom. The zero-order valence-electron chi connectivity index (χ0n) is 9.77. The van der Waals surface area contributed by atoms with Gasteiger partial charge in [-0.1, -0.05) is 12.1 Å². The molecule has 0 unspecified atom stereocenters. The first-order valence-electron chi connectivity index (χ1n) is 5.77. The van der Waals surface area contributed by atoms with Crippen molar-refractivity contribution in [3.05, 3.63) is 11.7 Å². The van der Waals surface area contributed by atoms with Crippen molar-refractivity contribution in [1.82, 2.24) is 10.1 Å². The van der Waals surface area contributed by atoms with E-state index in [1.54, 1.807) is 0 Å². The molecule has 1 saturated heterocycles. The average molecular weight is 226 g/mol. The van der Waals surface area contributed by atoms with Gasteiger partial charge in [0, 0.05) is 25.9 Å². The number of hydrogen-bond donors (Lipinski definition) is 1. The topological polar surface area (TPSA) is 68.4 Å². The maximum absolute atomic E-state index is 10.4. The molecule has 90 valence electrons. The van der Waals surface area contributed by atoms with E-state index in [4.69, 9.17) is 9.26 Å². The molecule has 0 aliphatic carbocycles. The second-order valence-electron chi connectivity index (χ2n) is 4.49. The van der Waals surface area contributed by atoms with Gasteiger partial charge in [0.05, 0.1) is 18.1 Å². The van der Waals surface area contributed by atoms with Gasteiger partial charge >= 0.3 is 0 Å². The van der Waals surface area contributed by atoms with Gasteiger partial charge < -0.3 is 14.4 Å². The minimum atomic E-state index is -0.755. The molecule has 1 aromatic rings. The van der Waals surface area contributed by atoms with Crippen molar-refractivity contribution in [2.45, 2.75) is 51.2 Å². The average Bonchev–Trinajstić information content (AvgIpc) is 2.64. The van der Waals surface area contributed by atoms with E-state index in [2.05, 4.69) is 10.1 Å². The van der Waals surface area contributed by atoms with Crippen molar-refractivity contribution in [1.29, 1.82) is 0 Å². The van der Waals surface area contributed by atoms with E-state index < -0.39 is 5.60 Å². The van der Waals surface area contributed by atoms with E-state index in [9.17, 15) is 5.11 Å². The van der Waals surface area contributed by atoms with E-state index >= 15 is 0 Å². The molecule has 1 N–H and O–H groups in total. The Morgan fingerprint density at radius 2 is 2.38 bits per heavy atom. The summed E-state index contributed by atoms with van der Waals surface area (Å²) in [5.74, 6) is 1.21. The fraction of sp³-hybridized carbons (Fsp3) is 0.818. The highest BCUT2D eigenvalue weighted by Gasteiger charge is 2.35. The molecule has 5 nitrogen and oxygen atoms in total. The number of aromatic nitrogens is 2. The lowest BCUT2D eigenvalue weighted by Crippen LogP contribution is -2.41. The summed E-state index contributed by atoms with van der Waals surface area (Å²) >= 11 is 0. The fourth-order valence-electron chi connectivity index (χ4n) is 2.09. The summed E-state index contributed by atoms with van der Waals surface area (Å²) < 4.78 is 10.5. The lowest BCUT2D eigenvalue weighted by molar-refractivity contribution is -0.0987. The monoisotopic (exact) mass is 226 g/mol. The van der Waals surface area contributed by atoms with Crippen LogP contribution in [0.1, 0.15) is 38.4 Å². The normalized spacial score (nSPS) is 30.6. The molecule has 2 heterocycles. The largest absolute Gasteiger partial charge is 0.389 e. The van der Waals surface area contributed by atoms with Crippen LogP contribution < -0.4 is 0 Å². The van der Waals surface area contributed by atoms with E-state index in [0.29, 0.717) is 37.6 Å². The van der Waals surface area contributed by atoms with Crippen LogP contribution in [-0.4, -0.2) is 33.6 Å². The Labute approximate surface area is 94.8 Å². The summed E-state index contributed by atoms with van der Waals surface area (Å²) in [6.07, 6.45) is 2.51. The zero-order chi connectivity index (χ0) is 11.6. The quantitative estimate of drug-likeness (QED) is 0.836. The minimum Gasteiger partial charge on any atom is -0.389 e. The lowest BCUT2D eigenvalue weighted by atomic mass is 9.88. The molecule has 1 aromatic heterocycles. The first-order valence-corrected chi connectivity index (χ1v) is 5.77. The fourth-order valence-corrected chi connectivity index (χ4v) is 2.09. The number of aliphatic hydroxyl groups is 1. The maximum Gasteiger partial charge on any atom is 0.229 e. The number of hydrogen-bond acceptors (Lipinski definition) is 5. The van der Waals surface area contributed by atoms with Crippen molar-refractivity contribution < 1.29 is 14.4 Å². The minimum absolute atomic E-state index is 0.0901. The first kappa shape index (κ1) is 11.5. The summed E-state index contributed by atoms with van der Waals surface area (Å²) in [5.41, 5.74) is -0.755. The van der Waals surface area contributed by atoms with Crippen molar-refractivity contribution >= 4 is 0 Å². The van der Waals surface area contributed by atoms with Crippen molar-refractivity contribution in [2.24, 2.45) is 0 Å². The number of aryl methyl sites for hydroxylation is 1. The van der Waals surface area contributed by atoms with E-state index in [-0.39, 0.29) is 6.10 Å². The molecule has 0 spiro atoms. The maximum atomic E-state index is 10.4. The van der Waals surface area contributed by atoms with Gasteiger partial charge in [-0.2, -0.15) is 4.98 Å². The first-order chi connectivity index (χ1) is 7.61. The van der Waals surface area contributed by atoms with Crippen LogP contribution in [-0.2, 0) is 17.6 Å². The zero-order valence-corrected chi connectivity index (χ0v) is 9.77. The van der Waals surface area contributed by atoms with Crippen molar-refractivity contribution in [3.63, 3.8) is 0 Å². The number of rotatable bonds is 3. The van der Waals surface area contributed by atoms with E-state index in [1.807, 2.05) is 13.8 Å². The van der Waals surface area contributed by atoms with Crippen molar-refractivity contribution in [3.8, 4) is 0 Å². The third-order valence-electron chi connectivity index (χ3n) is 2.94. The highest BCUT2D eigenvalue weighted by atomic mass is 16.5. The Morgan fingerprint density at radius 3 is 3.00 bits per heavy atom. The third kappa shape index (κ3) is 2.59. The molecular weight excluding hydrogens is 208 g/mol. The van der Waals surface area contributed by atoms with Gasteiger partial charge in [-0.3, -0.25) is 0 Å². The van der Waals surface area contributed by atoms with Crippen LogP contribution in [0.25, 0.3) is 0 Å². The van der Waals surface area contributed by atoms with Crippen molar-refractivity contribution in [2.75, 3.05) is 6.61 Å². The molecule has 0 bridgehead atoms. The van der Waals surface area contributed by atoms with E-state index in [0.717, 1.165) is 6.42 Å². The van der Waals surface area contributed by atoms with Crippen LogP contribution in [0.15, 0.2) is 4.52 Å². The molecule has 0 amide bonds. The predicted octanol–water partition coefficient (Wildman–Crippen LogP) is 1.10. The smallest absolute Gasteiger partial charge is 0.229 e. The highest BCUT2D eigenvalue weighted by molar-refractivity contribution is 4.95. The van der Waals surface area contributed by atoms with Gasteiger partial charge in [-0.05, 0) is 6.92 Å². The van der Waals surface area contributed by atoms with Gasteiger partial charge in [0.2, 0.25) is 5.89 Å². The van der Waals surface area contributed by atoms with Gasteiger partial charge in [0.25, 0.3) is 0 Å². The van der Waals surface area contributed by atoms with Crippen LogP contribution >= 0.6 is 0 Å². The molecule has 1 aliphatic rings. The predicted molar refractivity (Wildman–Crippen MR) is 57.0 cm³/mol. The molecule has 1 aliphatic heterocycles. The molecule has 2 rings (SSSR count). The molecule has 0 radical (unpaired) electrons. The standard InChI is InChI=1S/C11H18N2O3/c1-3-9-12-10(16-13-9)7-11(14)4-5-15-8(2)6-11/h8,14H,3-7H2,1-2H3/t8-,11-/m0/s1. The van der Waals surface area contributed by atoms with Crippen LogP contribution in [0.5, 0.6) is 0 Å². The molecular formula is C11H18N2O3. The molecule has 0 saturated carbocycles. The van der Waals surface area contributed by atoms with Gasteiger partial charge in [-0.25, -0.2) is 0 Å². The summed E-state index contributed by atoms with van der Waals surface area (Å²) in [6.45, 7) is 4.53. The summed E-state index contributed by atoms with van der Waals surface area (Å²) in [7, 11) is 0. The third-order valence-corrected chi connectivity index (χ3v) is 2.94. The molecule has 16 heavy (non-hydrogen) atoms. The van der Waals surface area contributed by atoms with Gasteiger partial charge in [0.15, 0.2) is 5.82 Å². The molecule has 2 atom stereocenters. The van der Waals surface area contributed by atoms with Crippen LogP contribution in [0.2, 0.25) is 0 Å². The molecule has 1 fully saturated rings. The summed E-state index contributed by atoms with van der Waals surface area (Å²) in [4.78, 5) is 4.21. The number of ether oxygens (including phenoxy) is 1.